The smallest absolute Gasteiger partial charge is 0.225 e. The van der Waals surface area contributed by atoms with Gasteiger partial charge in [-0.3, -0.25) is 4.79 Å². The Morgan fingerprint density at radius 3 is 2.80 bits per heavy atom. The molecule has 0 aliphatic carbocycles. The largest absolute Gasteiger partial charge is 0.384 e. The highest BCUT2D eigenvalue weighted by molar-refractivity contribution is 5.90. The predicted molar refractivity (Wildman–Crippen MR) is 60.5 cm³/mol. The van der Waals surface area contributed by atoms with Gasteiger partial charge in [-0.15, -0.1) is 0 Å². The molecular weight excluding hydrogens is 192 g/mol. The lowest BCUT2D eigenvalue weighted by Crippen LogP contribution is -2.20. The van der Waals surface area contributed by atoms with Crippen LogP contribution in [-0.4, -0.2) is 36.4 Å². The zero-order chi connectivity index (χ0) is 11.3. The van der Waals surface area contributed by atoms with Gasteiger partial charge in [-0.25, -0.2) is 4.98 Å². The van der Waals surface area contributed by atoms with E-state index in [1.54, 1.807) is 18.3 Å². The van der Waals surface area contributed by atoms with E-state index in [0.717, 1.165) is 6.54 Å². The molecule has 0 unspecified atom stereocenters. The van der Waals surface area contributed by atoms with Crippen LogP contribution < -0.4 is 11.1 Å². The number of amides is 1. The number of nitrogens with zero attached hydrogens (tertiary/aromatic N) is 2. The minimum Gasteiger partial charge on any atom is -0.384 e. The number of carbonyl (C=O) groups excluding carboxylic acids is 1. The maximum Gasteiger partial charge on any atom is 0.225 e. The highest BCUT2D eigenvalue weighted by atomic mass is 16.1. The number of nitrogens with two attached hydrogens (primary N) is 1. The van der Waals surface area contributed by atoms with E-state index in [9.17, 15) is 4.79 Å². The van der Waals surface area contributed by atoms with Gasteiger partial charge in [-0.1, -0.05) is 0 Å². The Kier molecular flexibility index (Phi) is 4.05. The molecule has 0 spiro atoms. The molecular formula is C10H16N4O. The van der Waals surface area contributed by atoms with Gasteiger partial charge in [0.25, 0.3) is 0 Å². The van der Waals surface area contributed by atoms with Gasteiger partial charge in [0.2, 0.25) is 5.91 Å². The number of nitrogens with one attached hydrogen (secondary N) is 1. The standard InChI is InChI=1S/C10H16N4O/c1-14(2)6-5-10(15)13-8-3-4-9(11)12-7-8/h3-4,7H,5-6H2,1-2H3,(H2,11,12)(H,13,15). The van der Waals surface area contributed by atoms with E-state index in [2.05, 4.69) is 10.3 Å². The van der Waals surface area contributed by atoms with Gasteiger partial charge in [0.1, 0.15) is 5.82 Å². The van der Waals surface area contributed by atoms with E-state index in [1.807, 2.05) is 19.0 Å². The summed E-state index contributed by atoms with van der Waals surface area (Å²) < 4.78 is 0. The van der Waals surface area contributed by atoms with Gasteiger partial charge < -0.3 is 16.0 Å². The Morgan fingerprint density at radius 2 is 2.27 bits per heavy atom. The normalized spacial score (nSPS) is 10.3. The zero-order valence-electron chi connectivity index (χ0n) is 9.03. The molecule has 82 valence electrons. The van der Waals surface area contributed by atoms with Crippen LogP contribution in [0.15, 0.2) is 18.3 Å². The first kappa shape index (κ1) is 11.5. The molecule has 0 fully saturated rings. The summed E-state index contributed by atoms with van der Waals surface area (Å²) in [5.41, 5.74) is 6.10. The van der Waals surface area contributed by atoms with Crippen LogP contribution in [0.4, 0.5) is 11.5 Å². The minimum absolute atomic E-state index is 0.0183. The van der Waals surface area contributed by atoms with E-state index < -0.39 is 0 Å². The van der Waals surface area contributed by atoms with Crippen LogP contribution in [0.2, 0.25) is 0 Å². The minimum atomic E-state index is -0.0183. The zero-order valence-corrected chi connectivity index (χ0v) is 9.03. The summed E-state index contributed by atoms with van der Waals surface area (Å²) in [5, 5.41) is 2.74. The first-order valence-electron chi connectivity index (χ1n) is 4.74. The van der Waals surface area contributed by atoms with Crippen LogP contribution >= 0.6 is 0 Å². The van der Waals surface area contributed by atoms with E-state index >= 15 is 0 Å². The van der Waals surface area contributed by atoms with Crippen LogP contribution in [0.25, 0.3) is 0 Å². The summed E-state index contributed by atoms with van der Waals surface area (Å²) in [4.78, 5) is 17.2. The lowest BCUT2D eigenvalue weighted by molar-refractivity contribution is -0.116. The summed E-state index contributed by atoms with van der Waals surface area (Å²) in [6.07, 6.45) is 2.01. The first-order valence-corrected chi connectivity index (χ1v) is 4.74. The Hall–Kier alpha value is -1.62. The molecule has 1 rings (SSSR count). The van der Waals surface area contributed by atoms with Crippen molar-refractivity contribution in [2.75, 3.05) is 31.7 Å². The number of hydrogen-bond donors (Lipinski definition) is 2. The van der Waals surface area contributed by atoms with E-state index in [1.165, 1.54) is 0 Å². The Balaban J connectivity index is 2.41. The average molecular weight is 208 g/mol. The highest BCUT2D eigenvalue weighted by Crippen LogP contribution is 2.07. The summed E-state index contributed by atoms with van der Waals surface area (Å²) in [7, 11) is 3.86. The molecule has 3 N–H and O–H groups in total. The third-order valence-electron chi connectivity index (χ3n) is 1.86. The fraction of sp³-hybridized carbons (Fsp3) is 0.400. The van der Waals surface area contributed by atoms with Gasteiger partial charge >= 0.3 is 0 Å². The second kappa shape index (κ2) is 5.31. The van der Waals surface area contributed by atoms with Gasteiger partial charge in [-0.2, -0.15) is 0 Å². The van der Waals surface area contributed by atoms with Crippen molar-refractivity contribution < 1.29 is 4.79 Å². The number of aromatic nitrogens is 1. The SMILES string of the molecule is CN(C)CCC(=O)Nc1ccc(N)nc1. The molecule has 5 heteroatoms. The molecule has 0 aliphatic heterocycles. The van der Waals surface area contributed by atoms with E-state index in [0.29, 0.717) is 17.9 Å². The summed E-state index contributed by atoms with van der Waals surface area (Å²) in [6, 6.07) is 3.39. The van der Waals surface area contributed by atoms with Crippen molar-refractivity contribution in [3.8, 4) is 0 Å². The van der Waals surface area contributed by atoms with Gasteiger partial charge in [-0.05, 0) is 26.2 Å². The van der Waals surface area contributed by atoms with Crippen molar-refractivity contribution in [3.05, 3.63) is 18.3 Å². The van der Waals surface area contributed by atoms with Gasteiger partial charge in [0.05, 0.1) is 11.9 Å². The lowest BCUT2D eigenvalue weighted by Gasteiger charge is -2.09. The molecule has 0 saturated carbocycles. The second-order valence-corrected chi connectivity index (χ2v) is 3.57. The summed E-state index contributed by atoms with van der Waals surface area (Å²) >= 11 is 0. The Morgan fingerprint density at radius 1 is 1.53 bits per heavy atom. The Labute approximate surface area is 89.3 Å². The lowest BCUT2D eigenvalue weighted by atomic mass is 10.3. The van der Waals surface area contributed by atoms with Gasteiger partial charge in [0, 0.05) is 13.0 Å². The number of nitrogen functional groups attached to an aromatic ring is 1. The quantitative estimate of drug-likeness (QED) is 0.758. The van der Waals surface area contributed by atoms with Crippen LogP contribution in [-0.2, 0) is 4.79 Å². The van der Waals surface area contributed by atoms with Gasteiger partial charge in [0.15, 0.2) is 0 Å². The van der Waals surface area contributed by atoms with Crippen molar-refractivity contribution in [1.29, 1.82) is 0 Å². The summed E-state index contributed by atoms with van der Waals surface area (Å²) in [5.74, 6) is 0.427. The fourth-order valence-corrected chi connectivity index (χ4v) is 1.03. The van der Waals surface area contributed by atoms with Crippen molar-refractivity contribution >= 4 is 17.4 Å². The number of rotatable bonds is 4. The van der Waals surface area contributed by atoms with Crippen molar-refractivity contribution in [1.82, 2.24) is 9.88 Å². The Bertz CT molecular complexity index is 321. The number of hydrogen-bond acceptors (Lipinski definition) is 4. The molecule has 0 atom stereocenters. The molecule has 1 amide bonds. The third-order valence-corrected chi connectivity index (χ3v) is 1.86. The molecule has 1 heterocycles. The highest BCUT2D eigenvalue weighted by Gasteiger charge is 2.02. The van der Waals surface area contributed by atoms with Crippen LogP contribution in [0.5, 0.6) is 0 Å². The number of anilines is 2. The van der Waals surface area contributed by atoms with Crippen molar-refractivity contribution in [2.45, 2.75) is 6.42 Å². The van der Waals surface area contributed by atoms with Crippen LogP contribution in [0.1, 0.15) is 6.42 Å². The predicted octanol–water partition coefficient (Wildman–Crippen LogP) is 0.554. The van der Waals surface area contributed by atoms with Crippen LogP contribution in [0, 0.1) is 0 Å². The molecule has 1 aromatic heterocycles. The molecule has 5 nitrogen and oxygen atoms in total. The molecule has 0 bridgehead atoms. The summed E-state index contributed by atoms with van der Waals surface area (Å²) in [6.45, 7) is 0.730. The van der Waals surface area contributed by atoms with Crippen molar-refractivity contribution in [2.24, 2.45) is 0 Å². The molecule has 0 aliphatic rings. The number of carbonyl (C=O) groups is 1. The molecule has 0 radical (unpaired) electrons. The monoisotopic (exact) mass is 208 g/mol. The first-order chi connectivity index (χ1) is 7.08. The molecule has 0 saturated heterocycles. The van der Waals surface area contributed by atoms with Crippen molar-refractivity contribution in [3.63, 3.8) is 0 Å². The molecule has 15 heavy (non-hydrogen) atoms. The van der Waals surface area contributed by atoms with E-state index in [4.69, 9.17) is 5.73 Å². The average Bonchev–Trinajstić information content (AvgIpc) is 2.19. The fourth-order valence-electron chi connectivity index (χ4n) is 1.03. The van der Waals surface area contributed by atoms with E-state index in [-0.39, 0.29) is 5.91 Å². The maximum atomic E-state index is 11.4. The van der Waals surface area contributed by atoms with Crippen LogP contribution in [0.3, 0.4) is 0 Å². The molecule has 0 aromatic carbocycles. The molecule has 1 aromatic rings. The second-order valence-electron chi connectivity index (χ2n) is 3.57. The number of pyridine rings is 1. The third kappa shape index (κ3) is 4.42. The maximum absolute atomic E-state index is 11.4. The topological polar surface area (TPSA) is 71.2 Å².